The van der Waals surface area contributed by atoms with E-state index in [4.69, 9.17) is 9.15 Å². The maximum absolute atomic E-state index is 6.55. The molecule has 1 aromatic heterocycles. The quantitative estimate of drug-likeness (QED) is 0.204. The smallest absolute Gasteiger partial charge is 0.196 e. The minimum atomic E-state index is -0.252. The van der Waals surface area contributed by atoms with Crippen molar-refractivity contribution in [2.75, 3.05) is 10.2 Å². The van der Waals surface area contributed by atoms with Gasteiger partial charge in [-0.2, -0.15) is 0 Å². The van der Waals surface area contributed by atoms with Gasteiger partial charge in [0.25, 0.3) is 0 Å². The van der Waals surface area contributed by atoms with Crippen LogP contribution < -0.4 is 15.0 Å². The van der Waals surface area contributed by atoms with Crippen LogP contribution in [-0.4, -0.2) is 0 Å². The zero-order valence-corrected chi connectivity index (χ0v) is 25.5. The third-order valence-electron chi connectivity index (χ3n) is 8.90. The Balaban J connectivity index is 1.12. The van der Waals surface area contributed by atoms with Gasteiger partial charge in [0.15, 0.2) is 12.0 Å². The van der Waals surface area contributed by atoms with E-state index in [1.807, 2.05) is 36.4 Å². The lowest BCUT2D eigenvalue weighted by Gasteiger charge is -2.25. The molecule has 7 aromatic carbocycles. The zero-order chi connectivity index (χ0) is 31.2. The number of hydrogen-bond donors (Lipinski definition) is 1. The highest BCUT2D eigenvalue weighted by Gasteiger charge is 2.28. The Kier molecular flexibility index (Phi) is 6.50. The van der Waals surface area contributed by atoms with Crippen LogP contribution in [0.25, 0.3) is 44.2 Å². The second-order valence-corrected chi connectivity index (χ2v) is 11.8. The highest BCUT2D eigenvalue weighted by molar-refractivity contribution is 6.12. The van der Waals surface area contributed by atoms with Gasteiger partial charge in [0, 0.05) is 28.0 Å². The number of hydrogen-bond acceptors (Lipinski definition) is 4. The zero-order valence-electron chi connectivity index (χ0n) is 25.5. The second-order valence-electron chi connectivity index (χ2n) is 11.8. The summed E-state index contributed by atoms with van der Waals surface area (Å²) in [5.41, 5.74) is 11.6. The Morgan fingerprint density at radius 2 is 1.06 bits per heavy atom. The molecule has 9 rings (SSSR count). The summed E-state index contributed by atoms with van der Waals surface area (Å²) in [5, 5.41) is 5.54. The topological polar surface area (TPSA) is 37.6 Å². The van der Waals surface area contributed by atoms with Crippen molar-refractivity contribution in [1.82, 2.24) is 0 Å². The standard InChI is InChI=1S/C43H30N2O2/c1-4-11-29(12-5-1)32-15-10-16-33(27-32)30-19-21-35(22-20-30)45(34-17-8-3-9-18-34)36-23-25-39-37(28-36)41-40(46-39)26-24-38-42(41)47-43(44-38)31-13-6-2-7-14-31/h1-28,43-44H. The molecule has 4 nitrogen and oxygen atoms in total. The molecule has 0 saturated heterocycles. The summed E-state index contributed by atoms with van der Waals surface area (Å²) in [7, 11) is 0. The lowest BCUT2D eigenvalue weighted by atomic mass is 9.99. The van der Waals surface area contributed by atoms with Crippen molar-refractivity contribution in [2.24, 2.45) is 0 Å². The van der Waals surface area contributed by atoms with Crippen molar-refractivity contribution in [3.8, 4) is 28.0 Å². The third-order valence-corrected chi connectivity index (χ3v) is 8.90. The Morgan fingerprint density at radius 1 is 0.468 bits per heavy atom. The predicted octanol–water partition coefficient (Wildman–Crippen LogP) is 11.9. The second kappa shape index (κ2) is 11.3. The number of benzene rings is 7. The molecule has 1 unspecified atom stereocenters. The van der Waals surface area contributed by atoms with Gasteiger partial charge in [0.1, 0.15) is 11.2 Å². The molecule has 0 aliphatic carbocycles. The van der Waals surface area contributed by atoms with Gasteiger partial charge in [-0.15, -0.1) is 0 Å². The summed E-state index contributed by atoms with van der Waals surface area (Å²) >= 11 is 0. The summed E-state index contributed by atoms with van der Waals surface area (Å²) in [5.74, 6) is 0.820. The maximum Gasteiger partial charge on any atom is 0.196 e. The molecule has 8 aromatic rings. The van der Waals surface area contributed by atoms with Crippen molar-refractivity contribution in [3.05, 3.63) is 175 Å². The third kappa shape index (κ3) is 4.88. The number of rotatable bonds is 6. The van der Waals surface area contributed by atoms with Crippen LogP contribution in [0.4, 0.5) is 22.7 Å². The van der Waals surface area contributed by atoms with E-state index in [-0.39, 0.29) is 6.23 Å². The first-order valence-corrected chi connectivity index (χ1v) is 15.9. The molecular formula is C43H30N2O2. The SMILES string of the molecule is c1ccc(-c2cccc(-c3ccc(N(c4ccccc4)c4ccc5oc6ccc7c(c6c5c4)OC(c4ccccc4)N7)cc3)c2)cc1. The molecule has 1 aliphatic heterocycles. The Hall–Kier alpha value is -6.26. The van der Waals surface area contributed by atoms with E-state index in [1.165, 1.54) is 22.3 Å². The lowest BCUT2D eigenvalue weighted by molar-refractivity contribution is 0.263. The lowest BCUT2D eigenvalue weighted by Crippen LogP contribution is -2.09. The minimum Gasteiger partial charge on any atom is -0.464 e. The number of para-hydroxylation sites is 1. The Morgan fingerprint density at radius 3 is 1.81 bits per heavy atom. The number of nitrogens with zero attached hydrogens (tertiary/aromatic N) is 1. The van der Waals surface area contributed by atoms with Gasteiger partial charge < -0.3 is 19.4 Å². The molecular weight excluding hydrogens is 576 g/mol. The molecule has 0 fully saturated rings. The molecule has 0 spiro atoms. The van der Waals surface area contributed by atoms with Crippen molar-refractivity contribution >= 4 is 44.7 Å². The van der Waals surface area contributed by atoms with Crippen LogP contribution >= 0.6 is 0 Å². The van der Waals surface area contributed by atoms with Gasteiger partial charge in [-0.25, -0.2) is 0 Å². The van der Waals surface area contributed by atoms with Crippen molar-refractivity contribution in [1.29, 1.82) is 0 Å². The van der Waals surface area contributed by atoms with Gasteiger partial charge in [-0.05, 0) is 82.9 Å². The number of fused-ring (bicyclic) bond motifs is 5. The maximum atomic E-state index is 6.55. The van der Waals surface area contributed by atoms with Crippen LogP contribution in [0.3, 0.4) is 0 Å². The van der Waals surface area contributed by atoms with Crippen LogP contribution in [0.5, 0.6) is 5.75 Å². The molecule has 1 aliphatic rings. The largest absolute Gasteiger partial charge is 0.464 e. The first-order valence-electron chi connectivity index (χ1n) is 15.9. The molecule has 0 saturated carbocycles. The summed E-state index contributed by atoms with van der Waals surface area (Å²) in [4.78, 5) is 2.29. The van der Waals surface area contributed by atoms with E-state index in [0.29, 0.717) is 0 Å². The van der Waals surface area contributed by atoms with Gasteiger partial charge in [0.05, 0.1) is 11.1 Å². The number of nitrogens with one attached hydrogen (secondary N) is 1. The van der Waals surface area contributed by atoms with Crippen LogP contribution in [0.15, 0.2) is 174 Å². The monoisotopic (exact) mass is 606 g/mol. The first kappa shape index (κ1) is 27.1. The van der Waals surface area contributed by atoms with Crippen molar-refractivity contribution < 1.29 is 9.15 Å². The fourth-order valence-corrected chi connectivity index (χ4v) is 6.60. The molecule has 47 heavy (non-hydrogen) atoms. The molecule has 224 valence electrons. The van der Waals surface area contributed by atoms with Gasteiger partial charge >= 0.3 is 0 Å². The summed E-state index contributed by atoms with van der Waals surface area (Å²) in [6, 6.07) is 59.2. The van der Waals surface area contributed by atoms with Crippen molar-refractivity contribution in [3.63, 3.8) is 0 Å². The summed E-state index contributed by atoms with van der Waals surface area (Å²) in [6.07, 6.45) is -0.252. The van der Waals surface area contributed by atoms with Crippen LogP contribution in [-0.2, 0) is 0 Å². The van der Waals surface area contributed by atoms with Crippen LogP contribution in [0.1, 0.15) is 11.8 Å². The fourth-order valence-electron chi connectivity index (χ4n) is 6.60. The average Bonchev–Trinajstić information content (AvgIpc) is 3.75. The van der Waals surface area contributed by atoms with E-state index in [9.17, 15) is 0 Å². The first-order chi connectivity index (χ1) is 23.3. The average molecular weight is 607 g/mol. The van der Waals surface area contributed by atoms with E-state index in [2.05, 4.69) is 144 Å². The molecule has 2 heterocycles. The predicted molar refractivity (Wildman–Crippen MR) is 193 cm³/mol. The Labute approximate surface area is 273 Å². The highest BCUT2D eigenvalue weighted by Crippen LogP contribution is 2.48. The van der Waals surface area contributed by atoms with Crippen LogP contribution in [0.2, 0.25) is 0 Å². The summed E-state index contributed by atoms with van der Waals surface area (Å²) < 4.78 is 12.9. The van der Waals surface area contributed by atoms with E-state index in [0.717, 1.165) is 56.0 Å². The van der Waals surface area contributed by atoms with E-state index < -0.39 is 0 Å². The van der Waals surface area contributed by atoms with Gasteiger partial charge in [0.2, 0.25) is 0 Å². The summed E-state index contributed by atoms with van der Waals surface area (Å²) in [6.45, 7) is 0. The number of furan rings is 1. The molecule has 0 amide bonds. The Bertz CT molecular complexity index is 2350. The van der Waals surface area contributed by atoms with Gasteiger partial charge in [-0.1, -0.05) is 109 Å². The number of ether oxygens (including phenoxy) is 1. The van der Waals surface area contributed by atoms with Gasteiger partial charge in [-0.3, -0.25) is 0 Å². The normalized spacial score (nSPS) is 13.7. The van der Waals surface area contributed by atoms with E-state index >= 15 is 0 Å². The molecule has 1 atom stereocenters. The molecule has 0 bridgehead atoms. The minimum absolute atomic E-state index is 0.252. The van der Waals surface area contributed by atoms with E-state index in [1.54, 1.807) is 0 Å². The van der Waals surface area contributed by atoms with Crippen molar-refractivity contribution in [2.45, 2.75) is 6.23 Å². The highest BCUT2D eigenvalue weighted by atomic mass is 16.5. The molecule has 1 N–H and O–H groups in total. The fraction of sp³-hybridized carbons (Fsp3) is 0.0233. The number of anilines is 4. The molecule has 0 radical (unpaired) electrons. The molecule has 4 heteroatoms. The van der Waals surface area contributed by atoms with Crippen LogP contribution in [0, 0.1) is 0 Å².